The molecule has 1 N–H and O–H groups in total. The third kappa shape index (κ3) is 4.84. The molecule has 5 heteroatoms. The minimum absolute atomic E-state index is 0.202. The Kier molecular flexibility index (Phi) is 6.39. The van der Waals surface area contributed by atoms with Crippen molar-refractivity contribution in [3.8, 4) is 0 Å². The minimum Gasteiger partial charge on any atom is -0.459 e. The lowest BCUT2D eigenvalue weighted by molar-refractivity contribution is -0.146. The van der Waals surface area contributed by atoms with Crippen molar-refractivity contribution >= 4 is 34.5 Å². The van der Waals surface area contributed by atoms with Gasteiger partial charge in [0.25, 0.3) is 5.91 Å². The topological polar surface area (TPSA) is 55.4 Å². The van der Waals surface area contributed by atoms with Crippen LogP contribution in [-0.2, 0) is 16.1 Å². The molecule has 0 saturated heterocycles. The molecule has 0 saturated carbocycles. The van der Waals surface area contributed by atoms with E-state index in [4.69, 9.17) is 4.74 Å². The van der Waals surface area contributed by atoms with Crippen LogP contribution >= 0.6 is 22.6 Å². The van der Waals surface area contributed by atoms with Gasteiger partial charge in [-0.1, -0.05) is 71.1 Å². The predicted molar refractivity (Wildman–Crippen MR) is 92.8 cm³/mol. The van der Waals surface area contributed by atoms with E-state index in [9.17, 15) is 9.59 Å². The molecule has 1 amide bonds. The van der Waals surface area contributed by atoms with Crippen LogP contribution in [0.15, 0.2) is 60.7 Å². The number of hydrogen-bond acceptors (Lipinski definition) is 3. The molecule has 0 unspecified atom stereocenters. The molecular weight excluding hydrogens is 393 g/mol. The van der Waals surface area contributed by atoms with E-state index in [0.29, 0.717) is 9.99 Å². The summed E-state index contributed by atoms with van der Waals surface area (Å²) < 4.78 is 5.71. The largest absolute Gasteiger partial charge is 0.459 e. The van der Waals surface area contributed by atoms with E-state index < -0.39 is 12.0 Å². The highest BCUT2D eigenvalue weighted by atomic mass is 127. The fourth-order valence-corrected chi connectivity index (χ4v) is 2.40. The molecule has 0 aliphatic carbocycles. The van der Waals surface area contributed by atoms with E-state index >= 15 is 0 Å². The highest BCUT2D eigenvalue weighted by Gasteiger charge is 2.21. The summed E-state index contributed by atoms with van der Waals surface area (Å²) in [5.74, 6) is -0.707. The fraction of sp³-hybridized carbons (Fsp3) is 0.176. The lowest BCUT2D eigenvalue weighted by Crippen LogP contribution is -2.43. The van der Waals surface area contributed by atoms with Crippen LogP contribution in [0.3, 0.4) is 0 Å². The number of halogens is 1. The van der Waals surface area contributed by atoms with Crippen LogP contribution < -0.4 is 5.32 Å². The number of esters is 1. The first-order valence-corrected chi connectivity index (χ1v) is 8.35. The van der Waals surface area contributed by atoms with E-state index in [1.807, 2.05) is 36.4 Å². The molecule has 0 aliphatic rings. The van der Waals surface area contributed by atoms with E-state index in [0.717, 1.165) is 5.56 Å². The number of rotatable bonds is 6. The zero-order chi connectivity index (χ0) is 15.8. The Morgan fingerprint density at radius 1 is 1.00 bits per heavy atom. The first-order valence-electron chi connectivity index (χ1n) is 6.83. The van der Waals surface area contributed by atoms with Gasteiger partial charge in [-0.2, -0.15) is 0 Å². The SMILES string of the molecule is O=C(N[C@H](CI)C(=O)OCc1ccccc1)c1ccccc1. The maximum atomic E-state index is 12.1. The van der Waals surface area contributed by atoms with Gasteiger partial charge in [-0.25, -0.2) is 4.79 Å². The standard InChI is InChI=1S/C17H16INO3/c18-11-15(19-16(20)14-9-5-2-6-10-14)17(21)22-12-13-7-3-1-4-8-13/h1-10,15H,11-12H2,(H,19,20)/t15-/m1/s1. The molecule has 2 aromatic carbocycles. The van der Waals surface area contributed by atoms with Gasteiger partial charge in [0, 0.05) is 9.99 Å². The van der Waals surface area contributed by atoms with Crippen molar-refractivity contribution in [1.82, 2.24) is 5.32 Å². The van der Waals surface area contributed by atoms with Crippen LogP contribution in [-0.4, -0.2) is 22.3 Å². The van der Waals surface area contributed by atoms with Crippen molar-refractivity contribution in [3.05, 3.63) is 71.8 Å². The van der Waals surface area contributed by atoms with Crippen LogP contribution in [0.2, 0.25) is 0 Å². The number of carbonyl (C=O) groups is 2. The van der Waals surface area contributed by atoms with Crippen molar-refractivity contribution in [2.24, 2.45) is 0 Å². The average Bonchev–Trinajstić information content (AvgIpc) is 2.59. The molecule has 114 valence electrons. The molecule has 0 bridgehead atoms. The molecular formula is C17H16INO3. The maximum absolute atomic E-state index is 12.1. The second-order valence-corrected chi connectivity index (χ2v) is 5.52. The maximum Gasteiger partial charge on any atom is 0.329 e. The van der Waals surface area contributed by atoms with Crippen molar-refractivity contribution in [3.63, 3.8) is 0 Å². The number of benzene rings is 2. The Bertz CT molecular complexity index is 616. The quantitative estimate of drug-likeness (QED) is 0.454. The van der Waals surface area contributed by atoms with Crippen molar-refractivity contribution in [1.29, 1.82) is 0 Å². The summed E-state index contributed by atoms with van der Waals surface area (Å²) in [6.07, 6.45) is 0. The van der Waals surface area contributed by atoms with Gasteiger partial charge >= 0.3 is 5.97 Å². The smallest absolute Gasteiger partial charge is 0.329 e. The number of nitrogens with one attached hydrogen (secondary N) is 1. The zero-order valence-electron chi connectivity index (χ0n) is 11.9. The molecule has 0 heterocycles. The molecule has 4 nitrogen and oxygen atoms in total. The number of carbonyl (C=O) groups excluding carboxylic acids is 2. The zero-order valence-corrected chi connectivity index (χ0v) is 14.0. The summed E-state index contributed by atoms with van der Waals surface area (Å²) in [7, 11) is 0. The third-order valence-corrected chi connectivity index (χ3v) is 3.88. The fourth-order valence-electron chi connectivity index (χ4n) is 1.82. The second kappa shape index (κ2) is 8.53. The van der Waals surface area contributed by atoms with Crippen LogP contribution in [0.4, 0.5) is 0 Å². The monoisotopic (exact) mass is 409 g/mol. The molecule has 2 rings (SSSR count). The van der Waals surface area contributed by atoms with Crippen molar-refractivity contribution in [2.45, 2.75) is 12.6 Å². The van der Waals surface area contributed by atoms with Crippen LogP contribution in [0, 0.1) is 0 Å². The Morgan fingerprint density at radius 2 is 1.59 bits per heavy atom. The molecule has 0 fully saturated rings. The molecule has 22 heavy (non-hydrogen) atoms. The predicted octanol–water partition coefficient (Wildman–Crippen LogP) is 2.96. The van der Waals surface area contributed by atoms with Crippen LogP contribution in [0.25, 0.3) is 0 Å². The van der Waals surface area contributed by atoms with E-state index in [1.54, 1.807) is 24.3 Å². The summed E-state index contributed by atoms with van der Waals surface area (Å²) in [6, 6.07) is 17.6. The lowest BCUT2D eigenvalue weighted by Gasteiger charge is -2.15. The molecule has 0 radical (unpaired) electrons. The Morgan fingerprint density at radius 3 is 2.18 bits per heavy atom. The number of amides is 1. The summed E-state index contributed by atoms with van der Waals surface area (Å²) in [5.41, 5.74) is 1.44. The van der Waals surface area contributed by atoms with Gasteiger partial charge in [0.1, 0.15) is 12.6 Å². The lowest BCUT2D eigenvalue weighted by atomic mass is 10.2. The molecule has 1 atom stereocenters. The van der Waals surface area contributed by atoms with Gasteiger partial charge in [-0.05, 0) is 17.7 Å². The number of hydrogen-bond donors (Lipinski definition) is 1. The first-order chi connectivity index (χ1) is 10.7. The van der Waals surface area contributed by atoms with Crippen molar-refractivity contribution in [2.75, 3.05) is 4.43 Å². The van der Waals surface area contributed by atoms with Gasteiger partial charge < -0.3 is 10.1 Å². The first kappa shape index (κ1) is 16.5. The molecule has 0 aliphatic heterocycles. The number of ether oxygens (including phenoxy) is 1. The van der Waals surface area contributed by atoms with Crippen LogP contribution in [0.5, 0.6) is 0 Å². The summed E-state index contributed by atoms with van der Waals surface area (Å²) in [5, 5.41) is 2.70. The van der Waals surface area contributed by atoms with E-state index in [1.165, 1.54) is 0 Å². The van der Waals surface area contributed by atoms with E-state index in [-0.39, 0.29) is 12.5 Å². The summed E-state index contributed by atoms with van der Waals surface area (Å²) in [6.45, 7) is 0.202. The van der Waals surface area contributed by atoms with Crippen LogP contribution in [0.1, 0.15) is 15.9 Å². The molecule has 0 spiro atoms. The van der Waals surface area contributed by atoms with Gasteiger partial charge in [-0.3, -0.25) is 4.79 Å². The number of alkyl halides is 1. The van der Waals surface area contributed by atoms with Gasteiger partial charge in [0.05, 0.1) is 0 Å². The van der Waals surface area contributed by atoms with E-state index in [2.05, 4.69) is 27.9 Å². The second-order valence-electron chi connectivity index (χ2n) is 4.64. The summed E-state index contributed by atoms with van der Waals surface area (Å²) in [4.78, 5) is 24.1. The normalized spacial score (nSPS) is 11.5. The Hall–Kier alpha value is -1.89. The highest BCUT2D eigenvalue weighted by molar-refractivity contribution is 14.1. The summed E-state index contributed by atoms with van der Waals surface area (Å²) >= 11 is 2.06. The van der Waals surface area contributed by atoms with Gasteiger partial charge in [0.15, 0.2) is 0 Å². The Balaban J connectivity index is 1.90. The minimum atomic E-state index is -0.656. The third-order valence-electron chi connectivity index (χ3n) is 3.00. The average molecular weight is 409 g/mol. The Labute approximate surface area is 143 Å². The van der Waals surface area contributed by atoms with Crippen molar-refractivity contribution < 1.29 is 14.3 Å². The van der Waals surface area contributed by atoms with Gasteiger partial charge in [-0.15, -0.1) is 0 Å². The van der Waals surface area contributed by atoms with Gasteiger partial charge in [0.2, 0.25) is 0 Å². The molecule has 2 aromatic rings. The molecule has 0 aromatic heterocycles. The highest BCUT2D eigenvalue weighted by Crippen LogP contribution is 2.05.